The quantitative estimate of drug-likeness (QED) is 0.495. The van der Waals surface area contributed by atoms with Crippen LogP contribution >= 0.6 is 0 Å². The fraction of sp³-hybridized carbons (Fsp3) is 0.273. The summed E-state index contributed by atoms with van der Waals surface area (Å²) in [5.41, 5.74) is 2.54. The number of fused-ring (bicyclic) bond motifs is 5. The van der Waals surface area contributed by atoms with Gasteiger partial charge in [0.25, 0.3) is 17.2 Å². The minimum Gasteiger partial charge on any atom is -0.335 e. The van der Waals surface area contributed by atoms with Crippen LogP contribution < -0.4 is 5.56 Å². The van der Waals surface area contributed by atoms with Crippen molar-refractivity contribution < 1.29 is 4.79 Å². The number of piperidine rings is 1. The Morgan fingerprint density at radius 1 is 1.03 bits per heavy atom. The second kappa shape index (κ2) is 6.83. The molecule has 1 saturated heterocycles. The standard InChI is InChI=1S/C22H19N7O2/c30-19-10-15(17-4-1-2-5-23-17)9-18-16-8-14(12-28(18)19)11-27(13-16)21(31)20-25-22-24-6-3-7-29(22)26-20/h1-7,9-10,14,16H,8,11-13H2/t14-,16+/m0/s1. The van der Waals surface area contributed by atoms with Crippen molar-refractivity contribution in [2.24, 2.45) is 5.92 Å². The number of rotatable bonds is 2. The molecule has 4 aromatic rings. The van der Waals surface area contributed by atoms with Crippen molar-refractivity contribution in [3.63, 3.8) is 0 Å². The predicted octanol–water partition coefficient (Wildman–Crippen LogP) is 1.61. The maximum absolute atomic E-state index is 13.1. The molecule has 0 aliphatic carbocycles. The van der Waals surface area contributed by atoms with Gasteiger partial charge in [0.15, 0.2) is 0 Å². The van der Waals surface area contributed by atoms with Gasteiger partial charge in [-0.25, -0.2) is 9.50 Å². The zero-order chi connectivity index (χ0) is 20.9. The topological polar surface area (TPSA) is 98.3 Å². The SMILES string of the molecule is O=C(c1nc2ncccn2n1)N1C[C@@H]2C[C@H](C1)c1cc(-c3ccccn3)cc(=O)n1C2. The first kappa shape index (κ1) is 17.9. The van der Waals surface area contributed by atoms with Crippen molar-refractivity contribution in [3.8, 4) is 11.3 Å². The Hall–Kier alpha value is -3.88. The Labute approximate surface area is 177 Å². The first-order valence-electron chi connectivity index (χ1n) is 10.3. The highest BCUT2D eigenvalue weighted by molar-refractivity contribution is 5.91. The third-order valence-electron chi connectivity index (χ3n) is 6.11. The molecule has 1 amide bonds. The summed E-state index contributed by atoms with van der Waals surface area (Å²) in [6.45, 7) is 1.73. The number of carbonyl (C=O) groups is 1. The van der Waals surface area contributed by atoms with Crippen LogP contribution in [0.15, 0.2) is 59.8 Å². The normalized spacial score (nSPS) is 19.9. The molecule has 2 atom stereocenters. The van der Waals surface area contributed by atoms with E-state index in [4.69, 9.17) is 0 Å². The molecule has 2 aliphatic rings. The molecule has 4 aromatic heterocycles. The summed E-state index contributed by atoms with van der Waals surface area (Å²) in [6, 6.07) is 11.1. The Morgan fingerprint density at radius 3 is 2.77 bits per heavy atom. The van der Waals surface area contributed by atoms with E-state index in [0.717, 1.165) is 23.4 Å². The molecule has 9 nitrogen and oxygen atoms in total. The summed E-state index contributed by atoms with van der Waals surface area (Å²) in [7, 11) is 0. The van der Waals surface area contributed by atoms with Gasteiger partial charge in [0.2, 0.25) is 5.82 Å². The molecule has 6 rings (SSSR count). The summed E-state index contributed by atoms with van der Waals surface area (Å²) in [5, 5.41) is 4.28. The van der Waals surface area contributed by atoms with E-state index in [1.54, 1.807) is 30.7 Å². The minimum absolute atomic E-state index is 0.0132. The van der Waals surface area contributed by atoms with E-state index in [1.165, 1.54) is 4.52 Å². The number of pyridine rings is 2. The maximum Gasteiger partial charge on any atom is 0.293 e. The van der Waals surface area contributed by atoms with E-state index in [9.17, 15) is 9.59 Å². The summed E-state index contributed by atoms with van der Waals surface area (Å²) >= 11 is 0. The van der Waals surface area contributed by atoms with Crippen molar-refractivity contribution >= 4 is 11.7 Å². The number of carbonyl (C=O) groups excluding carboxylic acids is 1. The Kier molecular flexibility index (Phi) is 3.95. The number of nitrogens with zero attached hydrogens (tertiary/aromatic N) is 7. The summed E-state index contributed by atoms with van der Waals surface area (Å²) < 4.78 is 3.37. The molecule has 0 N–H and O–H groups in total. The molecule has 0 spiro atoms. The van der Waals surface area contributed by atoms with Crippen LogP contribution in [0.5, 0.6) is 0 Å². The van der Waals surface area contributed by atoms with Crippen molar-refractivity contribution in [2.45, 2.75) is 18.9 Å². The van der Waals surface area contributed by atoms with Gasteiger partial charge in [-0.15, -0.1) is 5.10 Å². The van der Waals surface area contributed by atoms with Crippen LogP contribution in [0, 0.1) is 5.92 Å². The zero-order valence-electron chi connectivity index (χ0n) is 16.6. The van der Waals surface area contributed by atoms with Gasteiger partial charge in [-0.05, 0) is 36.6 Å². The summed E-state index contributed by atoms with van der Waals surface area (Å²) in [4.78, 5) is 40.6. The molecule has 0 saturated carbocycles. The van der Waals surface area contributed by atoms with Crippen LogP contribution in [0.4, 0.5) is 0 Å². The van der Waals surface area contributed by atoms with E-state index < -0.39 is 0 Å². The van der Waals surface area contributed by atoms with Gasteiger partial charge in [-0.3, -0.25) is 14.6 Å². The van der Waals surface area contributed by atoms with E-state index in [2.05, 4.69) is 20.1 Å². The van der Waals surface area contributed by atoms with Gasteiger partial charge in [0.1, 0.15) is 0 Å². The van der Waals surface area contributed by atoms with Gasteiger partial charge in [-0.1, -0.05) is 6.07 Å². The fourth-order valence-corrected chi connectivity index (χ4v) is 4.77. The summed E-state index contributed by atoms with van der Waals surface area (Å²) in [6.07, 6.45) is 6.02. The van der Waals surface area contributed by atoms with Gasteiger partial charge in [0, 0.05) is 61.5 Å². The number of hydrogen-bond donors (Lipinski definition) is 0. The van der Waals surface area contributed by atoms with E-state index in [-0.39, 0.29) is 29.1 Å². The van der Waals surface area contributed by atoms with Crippen LogP contribution in [0.2, 0.25) is 0 Å². The number of likely N-dealkylation sites (tertiary alicyclic amines) is 1. The first-order valence-corrected chi connectivity index (χ1v) is 10.3. The fourth-order valence-electron chi connectivity index (χ4n) is 4.77. The molecule has 2 aliphatic heterocycles. The average molecular weight is 413 g/mol. The van der Waals surface area contributed by atoms with E-state index in [1.807, 2.05) is 33.7 Å². The lowest BCUT2D eigenvalue weighted by Crippen LogP contribution is -2.49. The number of hydrogen-bond acceptors (Lipinski definition) is 6. The average Bonchev–Trinajstić information content (AvgIpc) is 3.24. The van der Waals surface area contributed by atoms with Gasteiger partial charge >= 0.3 is 0 Å². The lowest BCUT2D eigenvalue weighted by atomic mass is 9.82. The maximum atomic E-state index is 13.1. The van der Waals surface area contributed by atoms with Crippen LogP contribution in [0.1, 0.15) is 28.7 Å². The van der Waals surface area contributed by atoms with E-state index in [0.29, 0.717) is 25.4 Å². The molecule has 31 heavy (non-hydrogen) atoms. The van der Waals surface area contributed by atoms with Gasteiger partial charge in [-0.2, -0.15) is 4.98 Å². The molecule has 0 radical (unpaired) electrons. The molecule has 9 heteroatoms. The van der Waals surface area contributed by atoms with Crippen LogP contribution in [0.3, 0.4) is 0 Å². The van der Waals surface area contributed by atoms with Gasteiger partial charge in [0.05, 0.1) is 5.69 Å². The largest absolute Gasteiger partial charge is 0.335 e. The molecule has 1 fully saturated rings. The molecule has 154 valence electrons. The van der Waals surface area contributed by atoms with Crippen LogP contribution in [-0.2, 0) is 6.54 Å². The molecule has 0 unspecified atom stereocenters. The predicted molar refractivity (Wildman–Crippen MR) is 111 cm³/mol. The third-order valence-corrected chi connectivity index (χ3v) is 6.11. The molecular weight excluding hydrogens is 394 g/mol. The number of aromatic nitrogens is 6. The zero-order valence-corrected chi connectivity index (χ0v) is 16.6. The molecule has 6 heterocycles. The van der Waals surface area contributed by atoms with Crippen molar-refractivity contribution in [1.82, 2.24) is 34.0 Å². The van der Waals surface area contributed by atoms with E-state index >= 15 is 0 Å². The first-order chi connectivity index (χ1) is 15.2. The highest BCUT2D eigenvalue weighted by Crippen LogP contribution is 2.36. The van der Waals surface area contributed by atoms with Crippen LogP contribution in [0.25, 0.3) is 17.0 Å². The van der Waals surface area contributed by atoms with Crippen molar-refractivity contribution in [1.29, 1.82) is 0 Å². The minimum atomic E-state index is -0.197. The lowest BCUT2D eigenvalue weighted by Gasteiger charge is -2.42. The highest BCUT2D eigenvalue weighted by Gasteiger charge is 2.37. The summed E-state index contributed by atoms with van der Waals surface area (Å²) in [5.74, 6) is 0.668. The third kappa shape index (κ3) is 3.00. The second-order valence-electron chi connectivity index (χ2n) is 8.14. The molecule has 2 bridgehead atoms. The smallest absolute Gasteiger partial charge is 0.293 e. The van der Waals surface area contributed by atoms with Gasteiger partial charge < -0.3 is 9.47 Å². The second-order valence-corrected chi connectivity index (χ2v) is 8.14. The highest BCUT2D eigenvalue weighted by atomic mass is 16.2. The Bertz CT molecular complexity index is 1330. The van der Waals surface area contributed by atoms with Crippen molar-refractivity contribution in [3.05, 3.63) is 76.9 Å². The molecule has 0 aromatic carbocycles. The monoisotopic (exact) mass is 413 g/mol. The number of amides is 1. The lowest BCUT2D eigenvalue weighted by molar-refractivity contribution is 0.0583. The van der Waals surface area contributed by atoms with Crippen LogP contribution in [-0.4, -0.2) is 53.0 Å². The molecular formula is C22H19N7O2. The van der Waals surface area contributed by atoms with Crippen molar-refractivity contribution in [2.75, 3.05) is 13.1 Å². The Balaban J connectivity index is 1.34. The Morgan fingerprint density at radius 2 is 1.94 bits per heavy atom.